The Bertz CT molecular complexity index is 689. The fraction of sp³-hybridized carbons (Fsp3) is 0.556. The number of piperidine rings is 1. The van der Waals surface area contributed by atoms with Crippen LogP contribution in [0.5, 0.6) is 0 Å². The fourth-order valence-electron chi connectivity index (χ4n) is 4.10. The first-order valence-corrected chi connectivity index (χ1v) is 8.56. The lowest BCUT2D eigenvalue weighted by Gasteiger charge is -2.37. The lowest BCUT2D eigenvalue weighted by atomic mass is 9.92. The van der Waals surface area contributed by atoms with Crippen molar-refractivity contribution >= 4 is 11.9 Å². The van der Waals surface area contributed by atoms with Gasteiger partial charge in [-0.05, 0) is 37.3 Å². The number of hydrogen-bond donors (Lipinski definition) is 1. The summed E-state index contributed by atoms with van der Waals surface area (Å²) in [4.78, 5) is 28.4. The maximum atomic E-state index is 13.9. The minimum absolute atomic E-state index is 0.00413. The molecule has 5 nitrogen and oxygen atoms in total. The molecule has 0 radical (unpaired) electrons. The van der Waals surface area contributed by atoms with E-state index in [1.54, 1.807) is 24.1 Å². The highest BCUT2D eigenvalue weighted by atomic mass is 19.1. The SMILES string of the molecule is CN1C(=O)N[C@@H]2CN(C(=O)C3(Cc4ccccc4F)CC3)CC[C@@H]21. The molecule has 1 aliphatic carbocycles. The third-order valence-corrected chi connectivity index (χ3v) is 5.78. The maximum Gasteiger partial charge on any atom is 0.317 e. The second-order valence-electron chi connectivity index (χ2n) is 7.32. The molecule has 0 unspecified atom stereocenters. The molecule has 2 saturated heterocycles. The fourth-order valence-corrected chi connectivity index (χ4v) is 4.10. The smallest absolute Gasteiger partial charge is 0.317 e. The first-order valence-electron chi connectivity index (χ1n) is 8.56. The molecule has 6 heteroatoms. The summed E-state index contributed by atoms with van der Waals surface area (Å²) in [7, 11) is 1.80. The number of amides is 3. The summed E-state index contributed by atoms with van der Waals surface area (Å²) in [5.74, 6) is -0.118. The molecule has 0 bridgehead atoms. The zero-order valence-corrected chi connectivity index (χ0v) is 13.8. The quantitative estimate of drug-likeness (QED) is 0.918. The zero-order valence-electron chi connectivity index (χ0n) is 13.8. The molecule has 4 rings (SSSR count). The van der Waals surface area contributed by atoms with Crippen LogP contribution >= 0.6 is 0 Å². The van der Waals surface area contributed by atoms with Crippen molar-refractivity contribution in [2.45, 2.75) is 37.8 Å². The van der Waals surface area contributed by atoms with Gasteiger partial charge >= 0.3 is 6.03 Å². The molecule has 24 heavy (non-hydrogen) atoms. The van der Waals surface area contributed by atoms with Crippen LogP contribution in [0.1, 0.15) is 24.8 Å². The molecule has 0 aromatic heterocycles. The molecule has 3 fully saturated rings. The minimum atomic E-state index is -0.441. The van der Waals surface area contributed by atoms with Gasteiger partial charge in [-0.3, -0.25) is 4.79 Å². The van der Waals surface area contributed by atoms with Crippen molar-refractivity contribution in [3.05, 3.63) is 35.6 Å². The van der Waals surface area contributed by atoms with Crippen molar-refractivity contribution in [2.75, 3.05) is 20.1 Å². The largest absolute Gasteiger partial charge is 0.340 e. The number of nitrogens with zero attached hydrogens (tertiary/aromatic N) is 2. The lowest BCUT2D eigenvalue weighted by Crippen LogP contribution is -2.54. The Morgan fingerprint density at radius 2 is 2.12 bits per heavy atom. The molecule has 2 heterocycles. The predicted molar refractivity (Wildman–Crippen MR) is 86.8 cm³/mol. The van der Waals surface area contributed by atoms with E-state index in [0.29, 0.717) is 25.1 Å². The summed E-state index contributed by atoms with van der Waals surface area (Å²) in [5.41, 5.74) is 0.177. The summed E-state index contributed by atoms with van der Waals surface area (Å²) in [6.45, 7) is 1.22. The molecular weight excluding hydrogens is 309 g/mol. The predicted octanol–water partition coefficient (Wildman–Crippen LogP) is 1.77. The number of benzene rings is 1. The van der Waals surface area contributed by atoms with Gasteiger partial charge in [0.15, 0.2) is 0 Å². The van der Waals surface area contributed by atoms with Crippen LogP contribution in [-0.4, -0.2) is 54.0 Å². The van der Waals surface area contributed by atoms with Crippen LogP contribution in [-0.2, 0) is 11.2 Å². The number of likely N-dealkylation sites (N-methyl/N-ethyl adjacent to an activating group) is 1. The van der Waals surface area contributed by atoms with Crippen LogP contribution < -0.4 is 5.32 Å². The third-order valence-electron chi connectivity index (χ3n) is 5.78. The monoisotopic (exact) mass is 331 g/mol. The lowest BCUT2D eigenvalue weighted by molar-refractivity contribution is -0.138. The Kier molecular flexibility index (Phi) is 3.51. The molecule has 1 aromatic rings. The standard InChI is InChI=1S/C18H22FN3O2/c1-21-15-6-9-22(11-14(15)20-17(21)24)16(23)18(7-8-18)10-12-4-2-3-5-13(12)19/h2-5,14-15H,6-11H2,1H3,(H,20,24)/t14-,15+/m1/s1. The van der Waals surface area contributed by atoms with E-state index >= 15 is 0 Å². The summed E-state index contributed by atoms with van der Waals surface area (Å²) >= 11 is 0. The number of nitrogens with one attached hydrogen (secondary N) is 1. The Labute approximate surface area is 140 Å². The van der Waals surface area contributed by atoms with Gasteiger partial charge in [0.2, 0.25) is 5.91 Å². The number of likely N-dealkylation sites (tertiary alicyclic amines) is 1. The Morgan fingerprint density at radius 3 is 2.83 bits per heavy atom. The maximum absolute atomic E-state index is 13.9. The molecule has 1 N–H and O–H groups in total. The Hall–Kier alpha value is -2.11. The van der Waals surface area contributed by atoms with Gasteiger partial charge in [0.1, 0.15) is 5.82 Å². The number of halogens is 1. The van der Waals surface area contributed by atoms with Gasteiger partial charge in [-0.15, -0.1) is 0 Å². The van der Waals surface area contributed by atoms with E-state index in [1.807, 2.05) is 11.0 Å². The molecular formula is C18H22FN3O2. The van der Waals surface area contributed by atoms with E-state index in [9.17, 15) is 14.0 Å². The number of carbonyl (C=O) groups is 2. The van der Waals surface area contributed by atoms with Crippen LogP contribution in [0.15, 0.2) is 24.3 Å². The number of rotatable bonds is 3. The van der Waals surface area contributed by atoms with Crippen molar-refractivity contribution in [3.8, 4) is 0 Å². The van der Waals surface area contributed by atoms with Crippen LogP contribution in [0, 0.1) is 11.2 Å². The second-order valence-corrected chi connectivity index (χ2v) is 7.32. The molecule has 3 amide bonds. The van der Waals surface area contributed by atoms with Crippen molar-refractivity contribution in [1.29, 1.82) is 0 Å². The van der Waals surface area contributed by atoms with Crippen LogP contribution in [0.4, 0.5) is 9.18 Å². The summed E-state index contributed by atoms with van der Waals surface area (Å²) < 4.78 is 13.9. The first-order chi connectivity index (χ1) is 11.5. The summed E-state index contributed by atoms with van der Waals surface area (Å²) in [6, 6.07) is 6.81. The van der Waals surface area contributed by atoms with Crippen molar-refractivity contribution in [3.63, 3.8) is 0 Å². The van der Waals surface area contributed by atoms with Gasteiger partial charge in [-0.25, -0.2) is 9.18 Å². The zero-order chi connectivity index (χ0) is 16.9. The average molecular weight is 331 g/mol. The van der Waals surface area contributed by atoms with E-state index in [2.05, 4.69) is 5.32 Å². The summed E-state index contributed by atoms with van der Waals surface area (Å²) in [6.07, 6.45) is 2.89. The molecule has 3 aliphatic rings. The van der Waals surface area contributed by atoms with Gasteiger partial charge < -0.3 is 15.1 Å². The normalized spacial score (nSPS) is 27.7. The highest BCUT2D eigenvalue weighted by Crippen LogP contribution is 2.50. The van der Waals surface area contributed by atoms with Gasteiger partial charge in [0, 0.05) is 20.1 Å². The number of fused-ring (bicyclic) bond motifs is 1. The number of hydrogen-bond acceptors (Lipinski definition) is 2. The number of urea groups is 1. The second kappa shape index (κ2) is 5.46. The highest BCUT2D eigenvalue weighted by molar-refractivity contribution is 5.86. The van der Waals surface area contributed by atoms with Crippen molar-refractivity contribution in [2.24, 2.45) is 5.41 Å². The molecule has 2 aliphatic heterocycles. The van der Waals surface area contributed by atoms with Crippen molar-refractivity contribution < 1.29 is 14.0 Å². The van der Waals surface area contributed by atoms with E-state index in [4.69, 9.17) is 0 Å². The topological polar surface area (TPSA) is 52.7 Å². The molecule has 1 aromatic carbocycles. The van der Waals surface area contributed by atoms with Crippen molar-refractivity contribution in [1.82, 2.24) is 15.1 Å². The molecule has 1 saturated carbocycles. The summed E-state index contributed by atoms with van der Waals surface area (Å²) in [5, 5.41) is 2.95. The van der Waals surface area contributed by atoms with Crippen LogP contribution in [0.25, 0.3) is 0 Å². The van der Waals surface area contributed by atoms with E-state index in [0.717, 1.165) is 19.3 Å². The highest BCUT2D eigenvalue weighted by Gasteiger charge is 2.53. The molecule has 0 spiro atoms. The van der Waals surface area contributed by atoms with Gasteiger partial charge in [-0.1, -0.05) is 18.2 Å². The molecule has 2 atom stereocenters. The van der Waals surface area contributed by atoms with E-state index < -0.39 is 5.41 Å². The van der Waals surface area contributed by atoms with E-state index in [1.165, 1.54) is 6.07 Å². The van der Waals surface area contributed by atoms with Gasteiger partial charge in [-0.2, -0.15) is 0 Å². The first kappa shape index (κ1) is 15.4. The van der Waals surface area contributed by atoms with Crippen LogP contribution in [0.3, 0.4) is 0 Å². The Balaban J connectivity index is 1.46. The van der Waals surface area contributed by atoms with E-state index in [-0.39, 0.29) is 29.8 Å². The average Bonchev–Trinajstić information content (AvgIpc) is 3.30. The van der Waals surface area contributed by atoms with Gasteiger partial charge in [0.25, 0.3) is 0 Å². The minimum Gasteiger partial charge on any atom is -0.340 e. The third kappa shape index (κ3) is 2.44. The Morgan fingerprint density at radius 1 is 1.38 bits per heavy atom. The van der Waals surface area contributed by atoms with Gasteiger partial charge in [0.05, 0.1) is 17.5 Å². The molecule has 128 valence electrons. The van der Waals surface area contributed by atoms with Crippen LogP contribution in [0.2, 0.25) is 0 Å². The number of carbonyl (C=O) groups excluding carboxylic acids is 2.